The van der Waals surface area contributed by atoms with E-state index in [9.17, 15) is 14.0 Å². The van der Waals surface area contributed by atoms with Crippen LogP contribution in [0.25, 0.3) is 0 Å². The number of carboxylic acids is 1. The van der Waals surface area contributed by atoms with Crippen molar-refractivity contribution in [1.82, 2.24) is 5.32 Å². The zero-order valence-electron chi connectivity index (χ0n) is 11.5. The van der Waals surface area contributed by atoms with Gasteiger partial charge in [-0.1, -0.05) is 12.1 Å². The van der Waals surface area contributed by atoms with Gasteiger partial charge in [-0.2, -0.15) is 0 Å². The second-order valence-electron chi connectivity index (χ2n) is 5.14. The molecule has 0 radical (unpaired) electrons. The van der Waals surface area contributed by atoms with E-state index in [0.717, 1.165) is 0 Å². The maximum Gasteiger partial charge on any atom is 0.306 e. The molecule has 1 aliphatic rings. The molecule has 0 spiro atoms. The Labute approximate surface area is 127 Å². The first-order valence-electron chi connectivity index (χ1n) is 6.95. The number of rotatable bonds is 6. The highest BCUT2D eigenvalue weighted by Crippen LogP contribution is 2.26. The largest absolute Gasteiger partial charge is 0.481 e. The topological polar surface area (TPSA) is 66.4 Å². The summed E-state index contributed by atoms with van der Waals surface area (Å²) >= 11 is 1.31. The maximum atomic E-state index is 13.4. The van der Waals surface area contributed by atoms with Crippen molar-refractivity contribution >= 4 is 23.6 Å². The number of amides is 1. The number of carboxylic acid groups (broad SMARTS) is 1. The predicted molar refractivity (Wildman–Crippen MR) is 78.6 cm³/mol. The van der Waals surface area contributed by atoms with Gasteiger partial charge in [0.2, 0.25) is 5.91 Å². The summed E-state index contributed by atoms with van der Waals surface area (Å²) in [6, 6.07) is 6.43. The summed E-state index contributed by atoms with van der Waals surface area (Å²) < 4.78 is 13.4. The van der Waals surface area contributed by atoms with E-state index >= 15 is 0 Å². The molecule has 114 valence electrons. The van der Waals surface area contributed by atoms with Crippen molar-refractivity contribution in [3.63, 3.8) is 0 Å². The first-order chi connectivity index (χ1) is 10.1. The molecule has 0 aliphatic heterocycles. The summed E-state index contributed by atoms with van der Waals surface area (Å²) in [5.74, 6) is -1.01. The normalized spacial score (nSPS) is 21.2. The zero-order chi connectivity index (χ0) is 15.2. The van der Waals surface area contributed by atoms with Gasteiger partial charge in [-0.25, -0.2) is 4.39 Å². The summed E-state index contributed by atoms with van der Waals surface area (Å²) in [7, 11) is 0. The Kier molecular flexibility index (Phi) is 5.61. The minimum absolute atomic E-state index is 0.0444. The van der Waals surface area contributed by atoms with E-state index in [-0.39, 0.29) is 23.7 Å². The van der Waals surface area contributed by atoms with Crippen LogP contribution in [0.4, 0.5) is 4.39 Å². The minimum Gasteiger partial charge on any atom is -0.481 e. The van der Waals surface area contributed by atoms with Gasteiger partial charge < -0.3 is 10.4 Å². The Hall–Kier alpha value is -1.56. The Morgan fingerprint density at radius 2 is 2.10 bits per heavy atom. The standard InChI is InChI=1S/C15H18FNO3S/c16-12-3-1-2-4-13(12)21-8-7-14(18)17-11-6-5-10(9-11)15(19)20/h1-4,10-11H,5-9H2,(H,17,18)(H,19,20)/t10-,11+/m1/s1. The van der Waals surface area contributed by atoms with E-state index in [1.54, 1.807) is 18.2 Å². The third kappa shape index (κ3) is 4.74. The highest BCUT2D eigenvalue weighted by atomic mass is 32.2. The van der Waals surface area contributed by atoms with Crippen LogP contribution < -0.4 is 5.32 Å². The summed E-state index contributed by atoms with van der Waals surface area (Å²) in [6.45, 7) is 0. The van der Waals surface area contributed by atoms with Crippen LogP contribution in [-0.2, 0) is 9.59 Å². The van der Waals surface area contributed by atoms with E-state index in [4.69, 9.17) is 5.11 Å². The number of carbonyl (C=O) groups excluding carboxylic acids is 1. The molecule has 1 fully saturated rings. The lowest BCUT2D eigenvalue weighted by atomic mass is 10.1. The van der Waals surface area contributed by atoms with Crippen LogP contribution in [0.1, 0.15) is 25.7 Å². The van der Waals surface area contributed by atoms with Gasteiger partial charge in [0.25, 0.3) is 0 Å². The molecule has 1 amide bonds. The summed E-state index contributed by atoms with van der Waals surface area (Å²) in [5, 5.41) is 11.8. The average molecular weight is 311 g/mol. The quantitative estimate of drug-likeness (QED) is 0.793. The van der Waals surface area contributed by atoms with Gasteiger partial charge in [0.15, 0.2) is 0 Å². The third-order valence-electron chi connectivity index (χ3n) is 3.57. The number of thioether (sulfide) groups is 1. The molecule has 6 heteroatoms. The van der Waals surface area contributed by atoms with Crippen molar-refractivity contribution in [2.24, 2.45) is 5.92 Å². The molecule has 0 saturated heterocycles. The Morgan fingerprint density at radius 3 is 2.76 bits per heavy atom. The van der Waals surface area contributed by atoms with Crippen molar-refractivity contribution in [3.8, 4) is 0 Å². The summed E-state index contributed by atoms with van der Waals surface area (Å²) in [5.41, 5.74) is 0. The number of hydrogen-bond donors (Lipinski definition) is 2. The molecule has 0 heterocycles. The van der Waals surface area contributed by atoms with Crippen LogP contribution in [-0.4, -0.2) is 28.8 Å². The van der Waals surface area contributed by atoms with Crippen LogP contribution in [0.3, 0.4) is 0 Å². The molecule has 1 aliphatic carbocycles. The highest BCUT2D eigenvalue weighted by molar-refractivity contribution is 7.99. The number of nitrogens with one attached hydrogen (secondary N) is 1. The second-order valence-corrected chi connectivity index (χ2v) is 6.28. The molecule has 21 heavy (non-hydrogen) atoms. The number of aliphatic carboxylic acids is 1. The molecule has 2 rings (SSSR count). The zero-order valence-corrected chi connectivity index (χ0v) is 12.4. The van der Waals surface area contributed by atoms with Gasteiger partial charge in [0.05, 0.1) is 5.92 Å². The molecule has 2 N–H and O–H groups in total. The van der Waals surface area contributed by atoms with Crippen LogP contribution >= 0.6 is 11.8 Å². The van der Waals surface area contributed by atoms with E-state index in [0.29, 0.717) is 36.3 Å². The molecule has 0 aromatic heterocycles. The van der Waals surface area contributed by atoms with Crippen molar-refractivity contribution in [2.75, 3.05) is 5.75 Å². The second kappa shape index (κ2) is 7.45. The van der Waals surface area contributed by atoms with Crippen LogP contribution in [0.2, 0.25) is 0 Å². The number of carbonyl (C=O) groups is 2. The van der Waals surface area contributed by atoms with Crippen LogP contribution in [0.5, 0.6) is 0 Å². The van der Waals surface area contributed by atoms with Crippen LogP contribution in [0, 0.1) is 11.7 Å². The lowest BCUT2D eigenvalue weighted by molar-refractivity contribution is -0.141. The Bertz CT molecular complexity index is 523. The molecular weight excluding hydrogens is 293 g/mol. The van der Waals surface area contributed by atoms with Gasteiger partial charge in [-0.15, -0.1) is 11.8 Å². The molecule has 2 atom stereocenters. The minimum atomic E-state index is -0.790. The van der Waals surface area contributed by atoms with Gasteiger partial charge in [-0.05, 0) is 31.4 Å². The fourth-order valence-corrected chi connectivity index (χ4v) is 3.34. The van der Waals surface area contributed by atoms with Gasteiger partial charge in [0.1, 0.15) is 5.82 Å². The van der Waals surface area contributed by atoms with E-state index in [1.165, 1.54) is 17.8 Å². The molecule has 1 aromatic carbocycles. The Balaban J connectivity index is 1.69. The smallest absolute Gasteiger partial charge is 0.306 e. The molecule has 0 unspecified atom stereocenters. The van der Waals surface area contributed by atoms with Gasteiger partial charge in [0, 0.05) is 23.1 Å². The van der Waals surface area contributed by atoms with Gasteiger partial charge in [-0.3, -0.25) is 9.59 Å². The van der Waals surface area contributed by atoms with E-state index in [2.05, 4.69) is 5.32 Å². The first-order valence-corrected chi connectivity index (χ1v) is 7.94. The van der Waals surface area contributed by atoms with Crippen molar-refractivity contribution in [3.05, 3.63) is 30.1 Å². The number of halogens is 1. The highest BCUT2D eigenvalue weighted by Gasteiger charge is 2.30. The Morgan fingerprint density at radius 1 is 1.33 bits per heavy atom. The maximum absolute atomic E-state index is 13.4. The molecule has 4 nitrogen and oxygen atoms in total. The molecule has 0 bridgehead atoms. The SMILES string of the molecule is O=C(CCSc1ccccc1F)N[C@H]1CC[C@@H](C(=O)O)C1. The lowest BCUT2D eigenvalue weighted by Crippen LogP contribution is -2.33. The van der Waals surface area contributed by atoms with Crippen molar-refractivity contribution in [2.45, 2.75) is 36.6 Å². The molecular formula is C15H18FNO3S. The average Bonchev–Trinajstić information content (AvgIpc) is 2.89. The molecule has 1 saturated carbocycles. The monoisotopic (exact) mass is 311 g/mol. The van der Waals surface area contributed by atoms with E-state index < -0.39 is 5.97 Å². The lowest BCUT2D eigenvalue weighted by Gasteiger charge is -2.12. The summed E-state index contributed by atoms with van der Waals surface area (Å²) in [6.07, 6.45) is 2.13. The fraction of sp³-hybridized carbons (Fsp3) is 0.467. The van der Waals surface area contributed by atoms with Crippen molar-refractivity contribution in [1.29, 1.82) is 0 Å². The van der Waals surface area contributed by atoms with Crippen molar-refractivity contribution < 1.29 is 19.1 Å². The predicted octanol–water partition coefficient (Wildman–Crippen LogP) is 2.68. The molecule has 1 aromatic rings. The van der Waals surface area contributed by atoms with E-state index in [1.807, 2.05) is 0 Å². The fourth-order valence-electron chi connectivity index (χ4n) is 2.45. The summed E-state index contributed by atoms with van der Waals surface area (Å²) in [4.78, 5) is 23.2. The van der Waals surface area contributed by atoms with Crippen LogP contribution in [0.15, 0.2) is 29.2 Å². The third-order valence-corrected chi connectivity index (χ3v) is 4.62. The number of benzene rings is 1. The first kappa shape index (κ1) is 15.8. The number of hydrogen-bond acceptors (Lipinski definition) is 3. The van der Waals surface area contributed by atoms with Gasteiger partial charge >= 0.3 is 5.97 Å².